The fourth-order valence-corrected chi connectivity index (χ4v) is 0.763. The van der Waals surface area contributed by atoms with Crippen LogP contribution in [0.25, 0.3) is 0 Å². The van der Waals surface area contributed by atoms with Crippen LogP contribution in [0.15, 0.2) is 46.6 Å². The number of hydrogen-bond donors (Lipinski definition) is 0. The number of rotatable bonds is 0. The number of allylic oxidation sites excluding steroid dienone is 3. The molecule has 1 heterocycles. The van der Waals surface area contributed by atoms with Crippen LogP contribution in [0.4, 0.5) is 0 Å². The fourth-order valence-electron chi connectivity index (χ4n) is 0.763. The van der Waals surface area contributed by atoms with Crippen molar-refractivity contribution < 1.29 is 0 Å². The average molecular weight is 160 g/mol. The Balaban J connectivity index is 2.80. The molecule has 1 aliphatic rings. The van der Waals surface area contributed by atoms with E-state index in [1.54, 1.807) is 6.21 Å². The lowest BCUT2D eigenvalue weighted by molar-refractivity contribution is 1.24. The summed E-state index contributed by atoms with van der Waals surface area (Å²) >= 11 is 0. The van der Waals surface area contributed by atoms with Crippen LogP contribution >= 0.6 is 0 Å². The van der Waals surface area contributed by atoms with Gasteiger partial charge in [-0.3, -0.25) is 9.98 Å². The molecule has 0 atom stereocenters. The minimum Gasteiger partial charge on any atom is -0.284 e. The summed E-state index contributed by atoms with van der Waals surface area (Å²) < 4.78 is 0. The SMILES string of the molecule is C=C1/C=C\C=C/CN=C(C)C=N1. The van der Waals surface area contributed by atoms with Gasteiger partial charge in [0.25, 0.3) is 0 Å². The van der Waals surface area contributed by atoms with Gasteiger partial charge in [0.05, 0.1) is 18.0 Å². The maximum atomic E-state index is 4.23. The molecule has 2 nitrogen and oxygen atoms in total. The van der Waals surface area contributed by atoms with Crippen LogP contribution in [-0.4, -0.2) is 18.5 Å². The van der Waals surface area contributed by atoms with Crippen LogP contribution < -0.4 is 0 Å². The molecule has 0 aromatic carbocycles. The molecule has 0 saturated heterocycles. The molecular formula is C10H12N2. The molecule has 62 valence electrons. The lowest BCUT2D eigenvalue weighted by Gasteiger charge is -1.93. The predicted molar refractivity (Wildman–Crippen MR) is 53.9 cm³/mol. The molecule has 0 fully saturated rings. The number of nitrogens with zero attached hydrogens (tertiary/aromatic N) is 2. The van der Waals surface area contributed by atoms with Crippen molar-refractivity contribution in [2.45, 2.75) is 6.92 Å². The topological polar surface area (TPSA) is 24.7 Å². The van der Waals surface area contributed by atoms with Crippen LogP contribution in [0, 0.1) is 0 Å². The molecule has 2 heteroatoms. The molecule has 0 aromatic rings. The summed E-state index contributed by atoms with van der Waals surface area (Å²) in [7, 11) is 0. The van der Waals surface area contributed by atoms with Crippen molar-refractivity contribution in [3.63, 3.8) is 0 Å². The molecule has 1 rings (SSSR count). The van der Waals surface area contributed by atoms with Crippen LogP contribution in [0.3, 0.4) is 0 Å². The highest BCUT2D eigenvalue weighted by Crippen LogP contribution is 1.95. The molecular weight excluding hydrogens is 148 g/mol. The van der Waals surface area contributed by atoms with E-state index in [1.807, 2.05) is 31.2 Å². The summed E-state index contributed by atoms with van der Waals surface area (Å²) in [4.78, 5) is 8.32. The van der Waals surface area contributed by atoms with E-state index < -0.39 is 0 Å². The van der Waals surface area contributed by atoms with Crippen molar-refractivity contribution in [3.05, 3.63) is 36.6 Å². The summed E-state index contributed by atoms with van der Waals surface area (Å²) in [6.45, 7) is 6.39. The Morgan fingerprint density at radius 3 is 3.08 bits per heavy atom. The zero-order valence-electron chi connectivity index (χ0n) is 7.20. The second-order valence-electron chi connectivity index (χ2n) is 2.52. The smallest absolute Gasteiger partial charge is 0.0577 e. The fraction of sp³-hybridized carbons (Fsp3) is 0.200. The monoisotopic (exact) mass is 160 g/mol. The molecule has 0 spiro atoms. The minimum absolute atomic E-state index is 0.717. The van der Waals surface area contributed by atoms with E-state index >= 15 is 0 Å². The van der Waals surface area contributed by atoms with Crippen LogP contribution in [-0.2, 0) is 0 Å². The van der Waals surface area contributed by atoms with Crippen molar-refractivity contribution in [1.29, 1.82) is 0 Å². The van der Waals surface area contributed by atoms with Crippen LogP contribution in [0.2, 0.25) is 0 Å². The van der Waals surface area contributed by atoms with E-state index in [9.17, 15) is 0 Å². The Morgan fingerprint density at radius 2 is 2.25 bits per heavy atom. The molecule has 0 unspecified atom stereocenters. The van der Waals surface area contributed by atoms with Crippen LogP contribution in [0.5, 0.6) is 0 Å². The van der Waals surface area contributed by atoms with Gasteiger partial charge in [0.2, 0.25) is 0 Å². The normalized spacial score (nSPS) is 23.1. The first-order valence-corrected chi connectivity index (χ1v) is 3.86. The van der Waals surface area contributed by atoms with Crippen molar-refractivity contribution in [2.75, 3.05) is 6.54 Å². The van der Waals surface area contributed by atoms with Gasteiger partial charge in [-0.15, -0.1) is 0 Å². The lowest BCUT2D eigenvalue weighted by atomic mass is 10.3. The summed E-state index contributed by atoms with van der Waals surface area (Å²) in [5.41, 5.74) is 1.67. The molecule has 0 amide bonds. The van der Waals surface area contributed by atoms with E-state index in [0.717, 1.165) is 11.4 Å². The second-order valence-corrected chi connectivity index (χ2v) is 2.52. The van der Waals surface area contributed by atoms with E-state index in [2.05, 4.69) is 16.6 Å². The molecule has 0 aliphatic carbocycles. The van der Waals surface area contributed by atoms with Crippen molar-refractivity contribution in [3.8, 4) is 0 Å². The van der Waals surface area contributed by atoms with Crippen molar-refractivity contribution in [1.82, 2.24) is 0 Å². The number of aliphatic imine (C=N–C) groups is 2. The summed E-state index contributed by atoms with van der Waals surface area (Å²) in [6.07, 6.45) is 9.45. The van der Waals surface area contributed by atoms with Gasteiger partial charge in [-0.25, -0.2) is 0 Å². The Morgan fingerprint density at radius 1 is 1.42 bits per heavy atom. The first-order valence-electron chi connectivity index (χ1n) is 3.86. The summed E-state index contributed by atoms with van der Waals surface area (Å²) in [5, 5.41) is 0. The molecule has 0 aromatic heterocycles. The van der Waals surface area contributed by atoms with E-state index in [1.165, 1.54) is 0 Å². The lowest BCUT2D eigenvalue weighted by Crippen LogP contribution is -1.94. The third-order valence-electron chi connectivity index (χ3n) is 1.40. The van der Waals surface area contributed by atoms with Crippen molar-refractivity contribution in [2.24, 2.45) is 9.98 Å². The van der Waals surface area contributed by atoms with Gasteiger partial charge in [0.15, 0.2) is 0 Å². The Bertz CT molecular complexity index is 276. The summed E-state index contributed by atoms with van der Waals surface area (Å²) in [6, 6.07) is 0. The maximum absolute atomic E-state index is 4.23. The first-order chi connectivity index (χ1) is 5.79. The van der Waals surface area contributed by atoms with Gasteiger partial charge in [0, 0.05) is 6.21 Å². The third-order valence-corrected chi connectivity index (χ3v) is 1.40. The Hall–Kier alpha value is -1.44. The van der Waals surface area contributed by atoms with E-state index in [-0.39, 0.29) is 0 Å². The third kappa shape index (κ3) is 3.10. The Labute approximate surface area is 72.7 Å². The largest absolute Gasteiger partial charge is 0.284 e. The predicted octanol–water partition coefficient (Wildman–Crippen LogP) is 2.16. The second kappa shape index (κ2) is 4.44. The first kappa shape index (κ1) is 8.65. The molecule has 0 bridgehead atoms. The minimum atomic E-state index is 0.717. The Kier molecular flexibility index (Phi) is 3.20. The zero-order valence-corrected chi connectivity index (χ0v) is 7.20. The van der Waals surface area contributed by atoms with Gasteiger partial charge in [-0.1, -0.05) is 24.8 Å². The van der Waals surface area contributed by atoms with Gasteiger partial charge in [0.1, 0.15) is 0 Å². The maximum Gasteiger partial charge on any atom is 0.0577 e. The van der Waals surface area contributed by atoms with Crippen molar-refractivity contribution >= 4 is 11.9 Å². The number of hydrogen-bond acceptors (Lipinski definition) is 2. The molecule has 12 heavy (non-hydrogen) atoms. The van der Waals surface area contributed by atoms with E-state index in [0.29, 0.717) is 6.54 Å². The standard InChI is InChI=1S/C10H12N2/c1-9-6-4-3-5-7-11-10(2)8-12-9/h3-6,8H,1,7H2,2H3/b5-3-,6-4-,11-10?,12-8?. The molecule has 0 radical (unpaired) electrons. The molecule has 0 saturated carbocycles. The van der Waals surface area contributed by atoms with E-state index in [4.69, 9.17) is 0 Å². The van der Waals surface area contributed by atoms with Gasteiger partial charge in [-0.05, 0) is 13.0 Å². The van der Waals surface area contributed by atoms with Crippen LogP contribution in [0.1, 0.15) is 6.92 Å². The molecule has 1 aliphatic heterocycles. The quantitative estimate of drug-likeness (QED) is 0.518. The average Bonchev–Trinajstić information content (AvgIpc) is 2.07. The van der Waals surface area contributed by atoms with Gasteiger partial charge in [-0.2, -0.15) is 0 Å². The highest BCUT2D eigenvalue weighted by atomic mass is 14.8. The highest BCUT2D eigenvalue weighted by molar-refractivity contribution is 6.29. The summed E-state index contributed by atoms with van der Waals surface area (Å²) in [5.74, 6) is 0. The highest BCUT2D eigenvalue weighted by Gasteiger charge is 1.85. The molecule has 0 N–H and O–H groups in total. The zero-order chi connectivity index (χ0) is 8.81. The van der Waals surface area contributed by atoms with Gasteiger partial charge >= 0.3 is 0 Å². The van der Waals surface area contributed by atoms with Gasteiger partial charge < -0.3 is 0 Å².